The molecule has 0 fully saturated rings. The molecule has 0 aromatic heterocycles. The fraction of sp³-hybridized carbons (Fsp3) is 0. The number of rotatable bonds is 2. The van der Waals surface area contributed by atoms with Crippen molar-refractivity contribution in [2.24, 2.45) is 5.10 Å². The first-order valence-corrected chi connectivity index (χ1v) is 5.97. The Bertz CT molecular complexity index is 685. The number of nitrogens with zero attached hydrogens (tertiary/aromatic N) is 2. The first-order chi connectivity index (χ1) is 9.66. The molecule has 0 unspecified atom stereocenters. The molecule has 1 aliphatic rings. The van der Waals surface area contributed by atoms with E-state index >= 15 is 0 Å². The van der Waals surface area contributed by atoms with Crippen LogP contribution in [0.5, 0.6) is 5.75 Å². The number of imide groups is 1. The number of fused-ring (bicyclic) bond motifs is 1. The van der Waals surface area contributed by atoms with Gasteiger partial charge in [-0.1, -0.05) is 12.1 Å². The van der Waals surface area contributed by atoms with E-state index in [1.54, 1.807) is 36.4 Å². The summed E-state index contributed by atoms with van der Waals surface area (Å²) >= 11 is 0. The standard InChI is InChI=1S/C15H10N2O3/c18-11-7-5-10(6-8-11)9-16-17-14(19)12-3-1-2-4-13(12)15(17)20/h1-9,18H. The summed E-state index contributed by atoms with van der Waals surface area (Å²) in [6, 6.07) is 12.9. The number of benzene rings is 2. The van der Waals surface area contributed by atoms with Crippen molar-refractivity contribution in [2.45, 2.75) is 0 Å². The van der Waals surface area contributed by atoms with Gasteiger partial charge in [0.25, 0.3) is 11.8 Å². The highest BCUT2D eigenvalue weighted by Gasteiger charge is 2.35. The van der Waals surface area contributed by atoms with Crippen molar-refractivity contribution in [3.05, 3.63) is 65.2 Å². The average molecular weight is 266 g/mol. The zero-order valence-corrected chi connectivity index (χ0v) is 10.4. The van der Waals surface area contributed by atoms with Crippen molar-refractivity contribution in [1.29, 1.82) is 0 Å². The Balaban J connectivity index is 1.88. The number of carbonyl (C=O) groups excluding carboxylic acids is 2. The van der Waals surface area contributed by atoms with Crippen LogP contribution in [0.1, 0.15) is 26.3 Å². The minimum atomic E-state index is -0.430. The molecule has 0 saturated carbocycles. The van der Waals surface area contributed by atoms with Gasteiger partial charge in [0.15, 0.2) is 0 Å². The molecule has 0 radical (unpaired) electrons. The lowest BCUT2D eigenvalue weighted by Gasteiger charge is -2.05. The summed E-state index contributed by atoms with van der Waals surface area (Å²) in [4.78, 5) is 24.1. The molecule has 1 heterocycles. The largest absolute Gasteiger partial charge is 0.508 e. The van der Waals surface area contributed by atoms with E-state index < -0.39 is 11.8 Å². The van der Waals surface area contributed by atoms with Crippen molar-refractivity contribution < 1.29 is 14.7 Å². The fourth-order valence-corrected chi connectivity index (χ4v) is 1.97. The molecule has 0 aliphatic carbocycles. The maximum absolute atomic E-state index is 12.0. The van der Waals surface area contributed by atoms with Gasteiger partial charge in [-0.2, -0.15) is 10.1 Å². The molecule has 0 saturated heterocycles. The van der Waals surface area contributed by atoms with Crippen LogP contribution in [0.4, 0.5) is 0 Å². The predicted molar refractivity (Wildman–Crippen MR) is 72.6 cm³/mol. The summed E-state index contributed by atoms with van der Waals surface area (Å²) < 4.78 is 0. The number of carbonyl (C=O) groups is 2. The van der Waals surface area contributed by atoms with Crippen molar-refractivity contribution in [2.75, 3.05) is 0 Å². The summed E-state index contributed by atoms with van der Waals surface area (Å²) in [5.41, 5.74) is 1.40. The van der Waals surface area contributed by atoms with Crippen LogP contribution < -0.4 is 0 Å². The molecule has 2 aromatic rings. The van der Waals surface area contributed by atoms with Crippen LogP contribution in [0.15, 0.2) is 53.6 Å². The zero-order valence-electron chi connectivity index (χ0n) is 10.4. The van der Waals surface area contributed by atoms with E-state index in [4.69, 9.17) is 0 Å². The Hall–Kier alpha value is -2.95. The summed E-state index contributed by atoms with van der Waals surface area (Å²) in [6.45, 7) is 0. The quantitative estimate of drug-likeness (QED) is 0.667. The second-order valence-corrected chi connectivity index (χ2v) is 4.30. The van der Waals surface area contributed by atoms with Crippen LogP contribution in [-0.2, 0) is 0 Å². The molecule has 5 nitrogen and oxygen atoms in total. The molecule has 20 heavy (non-hydrogen) atoms. The van der Waals surface area contributed by atoms with Crippen LogP contribution >= 0.6 is 0 Å². The van der Waals surface area contributed by atoms with E-state index in [0.717, 1.165) is 5.01 Å². The summed E-state index contributed by atoms with van der Waals surface area (Å²) in [5.74, 6) is -0.718. The van der Waals surface area contributed by atoms with Crippen LogP contribution in [0, 0.1) is 0 Å². The minimum absolute atomic E-state index is 0.142. The number of amides is 2. The summed E-state index contributed by atoms with van der Waals surface area (Å²) in [6.07, 6.45) is 1.40. The highest BCUT2D eigenvalue weighted by molar-refractivity contribution is 6.21. The van der Waals surface area contributed by atoms with Gasteiger partial charge in [0, 0.05) is 0 Å². The normalized spacial score (nSPS) is 14.1. The molecule has 1 N–H and O–H groups in total. The molecule has 2 amide bonds. The Morgan fingerprint density at radius 2 is 1.45 bits per heavy atom. The lowest BCUT2D eigenvalue weighted by molar-refractivity contribution is 0.0660. The Labute approximate surface area is 114 Å². The van der Waals surface area contributed by atoms with Crippen molar-refractivity contribution >= 4 is 18.0 Å². The molecule has 5 heteroatoms. The number of hydrazone groups is 1. The second kappa shape index (κ2) is 4.62. The van der Waals surface area contributed by atoms with Gasteiger partial charge in [0.1, 0.15) is 5.75 Å². The highest BCUT2D eigenvalue weighted by Crippen LogP contribution is 2.22. The smallest absolute Gasteiger partial charge is 0.282 e. The molecular formula is C15H10N2O3. The molecule has 0 spiro atoms. The minimum Gasteiger partial charge on any atom is -0.508 e. The number of phenols is 1. The van der Waals surface area contributed by atoms with Crippen LogP contribution in [0.2, 0.25) is 0 Å². The molecule has 98 valence electrons. The van der Waals surface area contributed by atoms with Gasteiger partial charge in [0.2, 0.25) is 0 Å². The Morgan fingerprint density at radius 1 is 0.900 bits per heavy atom. The topological polar surface area (TPSA) is 70.0 Å². The van der Waals surface area contributed by atoms with Gasteiger partial charge >= 0.3 is 0 Å². The molecule has 1 aliphatic heterocycles. The molecule has 2 aromatic carbocycles. The van der Waals surface area contributed by atoms with Gasteiger partial charge in [0.05, 0.1) is 17.3 Å². The number of hydrogen-bond donors (Lipinski definition) is 1. The van der Waals surface area contributed by atoms with Crippen molar-refractivity contribution in [3.8, 4) is 5.75 Å². The lowest BCUT2D eigenvalue weighted by atomic mass is 10.1. The average Bonchev–Trinajstić information content (AvgIpc) is 2.71. The Morgan fingerprint density at radius 3 is 2.00 bits per heavy atom. The third-order valence-electron chi connectivity index (χ3n) is 2.99. The first-order valence-electron chi connectivity index (χ1n) is 5.97. The number of hydrogen-bond acceptors (Lipinski definition) is 4. The van der Waals surface area contributed by atoms with Gasteiger partial charge in [-0.05, 0) is 42.0 Å². The first kappa shape index (κ1) is 12.1. The van der Waals surface area contributed by atoms with Crippen LogP contribution in [0.3, 0.4) is 0 Å². The van der Waals surface area contributed by atoms with E-state index in [1.807, 2.05) is 0 Å². The van der Waals surface area contributed by atoms with Gasteiger partial charge in [-0.25, -0.2) is 0 Å². The second-order valence-electron chi connectivity index (χ2n) is 4.30. The molecule has 0 bridgehead atoms. The maximum atomic E-state index is 12.0. The third kappa shape index (κ3) is 1.95. The van der Waals surface area contributed by atoms with E-state index in [2.05, 4.69) is 5.10 Å². The lowest BCUT2D eigenvalue weighted by Crippen LogP contribution is -2.23. The van der Waals surface area contributed by atoms with Crippen LogP contribution in [0.25, 0.3) is 0 Å². The van der Waals surface area contributed by atoms with Gasteiger partial charge in [-0.15, -0.1) is 0 Å². The van der Waals surface area contributed by atoms with Gasteiger partial charge in [-0.3, -0.25) is 9.59 Å². The summed E-state index contributed by atoms with van der Waals surface area (Å²) in [7, 11) is 0. The zero-order chi connectivity index (χ0) is 14.1. The van der Waals surface area contributed by atoms with Crippen LogP contribution in [-0.4, -0.2) is 28.1 Å². The Kier molecular flexibility index (Phi) is 2.80. The van der Waals surface area contributed by atoms with E-state index in [1.165, 1.54) is 18.3 Å². The monoisotopic (exact) mass is 266 g/mol. The van der Waals surface area contributed by atoms with E-state index in [0.29, 0.717) is 16.7 Å². The molecule has 0 atom stereocenters. The fourth-order valence-electron chi connectivity index (χ4n) is 1.97. The third-order valence-corrected chi connectivity index (χ3v) is 2.99. The summed E-state index contributed by atoms with van der Waals surface area (Å²) in [5, 5.41) is 13.9. The molecule has 3 rings (SSSR count). The number of phenolic OH excluding ortho intramolecular Hbond substituents is 1. The van der Waals surface area contributed by atoms with E-state index in [-0.39, 0.29) is 5.75 Å². The predicted octanol–water partition coefficient (Wildman–Crippen LogP) is 2.02. The van der Waals surface area contributed by atoms with Gasteiger partial charge < -0.3 is 5.11 Å². The van der Waals surface area contributed by atoms with Crippen molar-refractivity contribution in [3.63, 3.8) is 0 Å². The molecular weight excluding hydrogens is 256 g/mol. The highest BCUT2D eigenvalue weighted by atomic mass is 16.3. The number of aromatic hydroxyl groups is 1. The van der Waals surface area contributed by atoms with E-state index in [9.17, 15) is 14.7 Å². The van der Waals surface area contributed by atoms with Crippen molar-refractivity contribution in [1.82, 2.24) is 5.01 Å². The SMILES string of the molecule is O=C1c2ccccc2C(=O)N1N=Cc1ccc(O)cc1. The maximum Gasteiger partial charge on any atom is 0.282 e.